The standard InChI is InChI=1S/C32H41N5O6.BrH/c1-6-42-25-17-22-18-37(30(34)27(22)36-28(25)31(41)35-5)19-24(38)21-15-20(11-7-9-13-33)29(23(16-21)32(2,3)4)43-14-10-8-12-26(39)40;/h15-17,34H,6-12,14,18-19H2,1-5H3,(H,35,41)(H,39,40);1H. The molecule has 0 spiro atoms. The number of aliphatic carboxylic acids is 1. The maximum Gasteiger partial charge on any atom is 0.303 e. The lowest BCUT2D eigenvalue weighted by Crippen LogP contribution is -2.31. The van der Waals surface area contributed by atoms with Crippen molar-refractivity contribution in [2.45, 2.75) is 78.2 Å². The van der Waals surface area contributed by atoms with Crippen molar-refractivity contribution in [3.8, 4) is 17.6 Å². The predicted octanol–water partition coefficient (Wildman–Crippen LogP) is 5.22. The van der Waals surface area contributed by atoms with Gasteiger partial charge >= 0.3 is 5.97 Å². The van der Waals surface area contributed by atoms with Gasteiger partial charge < -0.3 is 24.8 Å². The van der Waals surface area contributed by atoms with Crippen molar-refractivity contribution in [3.63, 3.8) is 0 Å². The molecule has 0 atom stereocenters. The fourth-order valence-electron chi connectivity index (χ4n) is 4.91. The SMILES string of the molecule is Br.CCOc1cc2c(nc1C(=O)NC)C(=N)N(CC(=O)c1cc(CCCC#N)c(OCCCCC(=O)O)c(C(C)(C)C)c1)C2. The molecular weight excluding hydrogens is 630 g/mol. The van der Waals surface area contributed by atoms with E-state index < -0.39 is 11.9 Å². The molecule has 1 aliphatic rings. The molecule has 2 heterocycles. The van der Waals surface area contributed by atoms with Crippen LogP contribution in [0, 0.1) is 16.7 Å². The molecule has 1 aromatic carbocycles. The first-order chi connectivity index (χ1) is 20.4. The number of carbonyl (C=O) groups excluding carboxylic acids is 2. The number of amides is 1. The summed E-state index contributed by atoms with van der Waals surface area (Å²) in [6.07, 6.45) is 2.64. The van der Waals surface area contributed by atoms with Gasteiger partial charge in [0.05, 0.1) is 25.8 Å². The lowest BCUT2D eigenvalue weighted by atomic mass is 9.82. The van der Waals surface area contributed by atoms with E-state index in [-0.39, 0.29) is 59.2 Å². The lowest BCUT2D eigenvalue weighted by molar-refractivity contribution is -0.137. The summed E-state index contributed by atoms with van der Waals surface area (Å²) in [7, 11) is 1.50. The smallest absolute Gasteiger partial charge is 0.303 e. The van der Waals surface area contributed by atoms with Crippen LogP contribution < -0.4 is 14.8 Å². The van der Waals surface area contributed by atoms with Crippen molar-refractivity contribution in [3.05, 3.63) is 51.8 Å². The van der Waals surface area contributed by atoms with Crippen LogP contribution in [-0.2, 0) is 23.2 Å². The van der Waals surface area contributed by atoms with Crippen LogP contribution in [0.2, 0.25) is 0 Å². The van der Waals surface area contributed by atoms with E-state index in [1.165, 1.54) is 7.05 Å². The first-order valence-corrected chi connectivity index (χ1v) is 14.6. The monoisotopic (exact) mass is 671 g/mol. The van der Waals surface area contributed by atoms with Crippen molar-refractivity contribution in [1.29, 1.82) is 10.7 Å². The van der Waals surface area contributed by atoms with Gasteiger partial charge in [-0.25, -0.2) is 4.98 Å². The minimum absolute atomic E-state index is 0. The van der Waals surface area contributed by atoms with Crippen LogP contribution in [0.1, 0.15) is 103 Å². The molecule has 3 rings (SSSR count). The van der Waals surface area contributed by atoms with Crippen LogP contribution in [0.25, 0.3) is 0 Å². The van der Waals surface area contributed by atoms with Crippen LogP contribution in [0.4, 0.5) is 0 Å². The van der Waals surface area contributed by atoms with Gasteiger partial charge in [-0.15, -0.1) is 17.0 Å². The highest BCUT2D eigenvalue weighted by atomic mass is 79.9. The Morgan fingerprint density at radius 1 is 1.16 bits per heavy atom. The zero-order valence-electron chi connectivity index (χ0n) is 26.0. The molecule has 3 N–H and O–H groups in total. The summed E-state index contributed by atoms with van der Waals surface area (Å²) in [5, 5.41) is 29.3. The molecule has 12 heteroatoms. The van der Waals surface area contributed by atoms with E-state index in [0.29, 0.717) is 73.6 Å². The van der Waals surface area contributed by atoms with Gasteiger partial charge in [0.15, 0.2) is 17.2 Å². The maximum absolute atomic E-state index is 13.7. The summed E-state index contributed by atoms with van der Waals surface area (Å²) in [5.41, 5.74) is 2.92. The first kappa shape index (κ1) is 36.2. The van der Waals surface area contributed by atoms with Crippen molar-refractivity contribution in [2.24, 2.45) is 0 Å². The molecule has 11 nitrogen and oxygen atoms in total. The van der Waals surface area contributed by atoms with E-state index in [4.69, 9.17) is 25.3 Å². The summed E-state index contributed by atoms with van der Waals surface area (Å²) in [4.78, 5) is 43.1. The Morgan fingerprint density at radius 2 is 1.89 bits per heavy atom. The van der Waals surface area contributed by atoms with Crippen LogP contribution in [0.5, 0.6) is 11.5 Å². The van der Waals surface area contributed by atoms with E-state index in [1.54, 1.807) is 11.0 Å². The molecule has 1 aromatic heterocycles. The first-order valence-electron chi connectivity index (χ1n) is 14.6. The van der Waals surface area contributed by atoms with Crippen molar-refractivity contribution in [2.75, 3.05) is 26.8 Å². The fourth-order valence-corrected chi connectivity index (χ4v) is 4.91. The molecule has 0 saturated heterocycles. The second kappa shape index (κ2) is 16.2. The highest BCUT2D eigenvalue weighted by Gasteiger charge is 2.32. The largest absolute Gasteiger partial charge is 0.493 e. The number of ether oxygens (including phenoxy) is 2. The average molecular weight is 673 g/mol. The summed E-state index contributed by atoms with van der Waals surface area (Å²) in [6, 6.07) is 7.52. The number of unbranched alkanes of at least 4 members (excludes halogenated alkanes) is 2. The van der Waals surface area contributed by atoms with Crippen LogP contribution in [0.3, 0.4) is 0 Å². The number of aromatic nitrogens is 1. The number of fused-ring (bicyclic) bond motifs is 1. The maximum atomic E-state index is 13.7. The summed E-state index contributed by atoms with van der Waals surface area (Å²) >= 11 is 0. The normalized spacial score (nSPS) is 12.2. The minimum Gasteiger partial charge on any atom is -0.493 e. The van der Waals surface area contributed by atoms with Gasteiger partial charge in [-0.1, -0.05) is 20.8 Å². The molecule has 0 fully saturated rings. The van der Waals surface area contributed by atoms with E-state index in [0.717, 1.165) is 11.1 Å². The van der Waals surface area contributed by atoms with E-state index in [2.05, 4.69) is 16.4 Å². The second-order valence-electron chi connectivity index (χ2n) is 11.5. The van der Waals surface area contributed by atoms with Gasteiger partial charge in [0.25, 0.3) is 5.91 Å². The quantitative estimate of drug-likeness (QED) is 0.170. The van der Waals surface area contributed by atoms with E-state index in [1.807, 2.05) is 39.8 Å². The number of benzene rings is 1. The third-order valence-corrected chi connectivity index (χ3v) is 7.11. The van der Waals surface area contributed by atoms with Crippen LogP contribution >= 0.6 is 17.0 Å². The molecule has 0 unspecified atom stereocenters. The summed E-state index contributed by atoms with van der Waals surface area (Å²) in [5.74, 6) is -0.388. The second-order valence-corrected chi connectivity index (χ2v) is 11.5. The van der Waals surface area contributed by atoms with Crippen molar-refractivity contribution < 1.29 is 29.0 Å². The zero-order valence-corrected chi connectivity index (χ0v) is 27.8. The van der Waals surface area contributed by atoms with Gasteiger partial charge in [-0.05, 0) is 61.8 Å². The topological polar surface area (TPSA) is 166 Å². The van der Waals surface area contributed by atoms with Crippen LogP contribution in [-0.4, -0.2) is 65.3 Å². The van der Waals surface area contributed by atoms with Gasteiger partial charge in [-0.3, -0.25) is 19.8 Å². The molecule has 1 amide bonds. The van der Waals surface area contributed by atoms with E-state index >= 15 is 0 Å². The summed E-state index contributed by atoms with van der Waals surface area (Å²) in [6.45, 7) is 8.81. The number of nitrogens with one attached hydrogen (secondary N) is 2. The Hall–Kier alpha value is -3.98. The number of hydrogen-bond acceptors (Lipinski definition) is 8. The predicted molar refractivity (Wildman–Crippen MR) is 171 cm³/mol. The van der Waals surface area contributed by atoms with Gasteiger partial charge in [-0.2, -0.15) is 5.26 Å². The number of nitrogens with zero attached hydrogens (tertiary/aromatic N) is 3. The van der Waals surface area contributed by atoms with Gasteiger partial charge in [0, 0.05) is 43.1 Å². The number of nitriles is 1. The molecule has 238 valence electrons. The molecule has 44 heavy (non-hydrogen) atoms. The molecule has 0 bridgehead atoms. The number of Topliss-reactive ketones (excluding diaryl/α,β-unsaturated/α-hetero) is 1. The Labute approximate surface area is 269 Å². The number of pyridine rings is 1. The minimum atomic E-state index is -0.845. The number of hydrogen-bond donors (Lipinski definition) is 3. The number of carbonyl (C=O) groups is 3. The lowest BCUT2D eigenvalue weighted by Gasteiger charge is -2.26. The van der Waals surface area contributed by atoms with Crippen molar-refractivity contribution >= 4 is 40.5 Å². The van der Waals surface area contributed by atoms with Crippen molar-refractivity contribution in [1.82, 2.24) is 15.2 Å². The van der Waals surface area contributed by atoms with Gasteiger partial charge in [0.1, 0.15) is 17.3 Å². The highest BCUT2D eigenvalue weighted by Crippen LogP contribution is 2.37. The number of amidine groups is 1. The molecule has 0 aliphatic carbocycles. The number of carboxylic acids is 1. The van der Waals surface area contributed by atoms with Crippen LogP contribution in [0.15, 0.2) is 18.2 Å². The molecule has 2 aromatic rings. The number of halogens is 1. The third kappa shape index (κ3) is 9.02. The van der Waals surface area contributed by atoms with E-state index in [9.17, 15) is 14.4 Å². The number of rotatable bonds is 15. The molecular formula is C32H42BrN5O6. The fraction of sp³-hybridized carbons (Fsp3) is 0.500. The molecule has 0 radical (unpaired) electrons. The number of ketones is 1. The Balaban J connectivity index is 0.00000675. The third-order valence-electron chi connectivity index (χ3n) is 7.11. The number of aryl methyl sites for hydroxylation is 1. The molecule has 0 saturated carbocycles. The summed E-state index contributed by atoms with van der Waals surface area (Å²) < 4.78 is 11.9. The van der Waals surface area contributed by atoms with Gasteiger partial charge in [0.2, 0.25) is 0 Å². The highest BCUT2D eigenvalue weighted by molar-refractivity contribution is 8.93. The average Bonchev–Trinajstić information content (AvgIpc) is 3.25. The Kier molecular flexibility index (Phi) is 13.3. The Bertz CT molecular complexity index is 1430. The zero-order chi connectivity index (χ0) is 31.7. The Morgan fingerprint density at radius 3 is 2.50 bits per heavy atom. The number of carboxylic acid groups (broad SMARTS) is 1. The molecule has 1 aliphatic heterocycles.